The second-order valence-corrected chi connectivity index (χ2v) is 3.88. The Morgan fingerprint density at radius 3 is 2.50 bits per heavy atom. The van der Waals surface area contributed by atoms with E-state index in [9.17, 15) is 0 Å². The molecule has 0 aliphatic heterocycles. The quantitative estimate of drug-likeness (QED) is 0.753. The largest absolute Gasteiger partial charge is 0.491 e. The molecule has 0 heterocycles. The van der Waals surface area contributed by atoms with Crippen molar-refractivity contribution in [3.63, 3.8) is 0 Å². The highest BCUT2D eigenvalue weighted by atomic mass is 79.9. The first-order chi connectivity index (χ1) is 5.58. The van der Waals surface area contributed by atoms with Crippen LogP contribution in [0.4, 0.5) is 0 Å². The summed E-state index contributed by atoms with van der Waals surface area (Å²) in [5, 5.41) is 0. The van der Waals surface area contributed by atoms with Crippen LogP contribution in [0.25, 0.3) is 0 Å². The average molecular weight is 228 g/mol. The zero-order valence-corrected chi connectivity index (χ0v) is 8.89. The van der Waals surface area contributed by atoms with Crippen molar-refractivity contribution in [1.29, 1.82) is 0 Å². The molecule has 0 atom stereocenters. The van der Waals surface area contributed by atoms with Crippen molar-refractivity contribution < 1.29 is 4.74 Å². The fourth-order valence-corrected chi connectivity index (χ4v) is 1.48. The van der Waals surface area contributed by atoms with Crippen molar-refractivity contribution in [3.8, 4) is 5.75 Å². The summed E-state index contributed by atoms with van der Waals surface area (Å²) in [7, 11) is 0. The summed E-state index contributed by atoms with van der Waals surface area (Å²) in [5.41, 5.74) is 0.958. The van der Waals surface area contributed by atoms with Crippen molar-refractivity contribution in [1.82, 2.24) is 0 Å². The van der Waals surface area contributed by atoms with E-state index in [1.165, 1.54) is 0 Å². The number of benzene rings is 1. The highest BCUT2D eigenvalue weighted by Gasteiger charge is 1.99. The molecule has 0 N–H and O–H groups in total. The van der Waals surface area contributed by atoms with Crippen LogP contribution in [0.1, 0.15) is 19.4 Å². The van der Waals surface area contributed by atoms with E-state index in [-0.39, 0.29) is 6.10 Å². The lowest BCUT2D eigenvalue weighted by Gasteiger charge is -2.10. The van der Waals surface area contributed by atoms with E-state index in [1.54, 1.807) is 0 Å². The highest BCUT2D eigenvalue weighted by molar-refractivity contribution is 9.10. The van der Waals surface area contributed by atoms with Gasteiger partial charge in [-0.25, -0.2) is 0 Å². The lowest BCUT2D eigenvalue weighted by atomic mass is 10.2. The van der Waals surface area contributed by atoms with Crippen LogP contribution in [0.15, 0.2) is 22.7 Å². The van der Waals surface area contributed by atoms with E-state index in [0.717, 1.165) is 15.8 Å². The third-order valence-electron chi connectivity index (χ3n) is 1.30. The van der Waals surface area contributed by atoms with Gasteiger partial charge in [0.1, 0.15) is 5.75 Å². The standard InChI is InChI=1S/C10H12BrO/c1-7(2)12-10-5-8(3)4-9(11)6-10/h4-7H,3H2,1-2H3. The van der Waals surface area contributed by atoms with E-state index < -0.39 is 0 Å². The molecule has 0 aliphatic rings. The number of hydrogen-bond acceptors (Lipinski definition) is 1. The molecule has 0 amide bonds. The van der Waals surface area contributed by atoms with Crippen LogP contribution in [-0.4, -0.2) is 6.10 Å². The fraction of sp³-hybridized carbons (Fsp3) is 0.300. The van der Waals surface area contributed by atoms with Gasteiger partial charge in [0.25, 0.3) is 0 Å². The Morgan fingerprint density at radius 1 is 1.33 bits per heavy atom. The average Bonchev–Trinajstić information content (AvgIpc) is 1.81. The summed E-state index contributed by atoms with van der Waals surface area (Å²) in [6.45, 7) is 7.85. The predicted octanol–water partition coefficient (Wildman–Crippen LogP) is 3.42. The van der Waals surface area contributed by atoms with Crippen LogP contribution < -0.4 is 4.74 Å². The lowest BCUT2D eigenvalue weighted by Crippen LogP contribution is -2.05. The van der Waals surface area contributed by atoms with Crippen molar-refractivity contribution in [2.24, 2.45) is 0 Å². The van der Waals surface area contributed by atoms with E-state index in [1.807, 2.05) is 32.0 Å². The first-order valence-electron chi connectivity index (χ1n) is 3.87. The normalized spacial score (nSPS) is 10.4. The lowest BCUT2D eigenvalue weighted by molar-refractivity contribution is 0.242. The minimum absolute atomic E-state index is 0.207. The van der Waals surface area contributed by atoms with E-state index in [0.29, 0.717) is 0 Å². The maximum absolute atomic E-state index is 5.51. The van der Waals surface area contributed by atoms with Crippen molar-refractivity contribution in [2.45, 2.75) is 20.0 Å². The molecule has 12 heavy (non-hydrogen) atoms. The molecule has 0 unspecified atom stereocenters. The molecule has 0 aromatic heterocycles. The second-order valence-electron chi connectivity index (χ2n) is 2.96. The van der Waals surface area contributed by atoms with Crippen LogP contribution in [0.3, 0.4) is 0 Å². The second kappa shape index (κ2) is 3.94. The predicted molar refractivity (Wildman–Crippen MR) is 54.4 cm³/mol. The molecule has 1 nitrogen and oxygen atoms in total. The van der Waals surface area contributed by atoms with Crippen molar-refractivity contribution in [3.05, 3.63) is 35.2 Å². The Morgan fingerprint density at radius 2 is 2.00 bits per heavy atom. The van der Waals surface area contributed by atoms with Crippen molar-refractivity contribution >= 4 is 15.9 Å². The first kappa shape index (κ1) is 9.59. The Bertz CT molecular complexity index is 248. The molecule has 1 radical (unpaired) electrons. The van der Waals surface area contributed by atoms with Crippen LogP contribution in [-0.2, 0) is 0 Å². The fourth-order valence-electron chi connectivity index (χ4n) is 0.961. The zero-order chi connectivity index (χ0) is 9.14. The molecule has 0 aliphatic carbocycles. The van der Waals surface area contributed by atoms with E-state index >= 15 is 0 Å². The molecular formula is C10H12BrO. The van der Waals surface area contributed by atoms with Gasteiger partial charge in [-0.2, -0.15) is 0 Å². The summed E-state index contributed by atoms with van der Waals surface area (Å²) in [5.74, 6) is 0.865. The van der Waals surface area contributed by atoms with Gasteiger partial charge < -0.3 is 4.74 Å². The minimum Gasteiger partial charge on any atom is -0.491 e. The van der Waals surface area contributed by atoms with Gasteiger partial charge >= 0.3 is 0 Å². The van der Waals surface area contributed by atoms with Gasteiger partial charge in [-0.15, -0.1) is 0 Å². The maximum Gasteiger partial charge on any atom is 0.121 e. The van der Waals surface area contributed by atoms with Crippen LogP contribution in [0, 0.1) is 6.92 Å². The molecular weight excluding hydrogens is 216 g/mol. The summed E-state index contributed by atoms with van der Waals surface area (Å²) in [4.78, 5) is 0. The summed E-state index contributed by atoms with van der Waals surface area (Å²) >= 11 is 3.38. The number of halogens is 1. The topological polar surface area (TPSA) is 9.23 Å². The molecule has 0 saturated heterocycles. The van der Waals surface area contributed by atoms with Gasteiger partial charge in [-0.3, -0.25) is 0 Å². The molecule has 0 bridgehead atoms. The third kappa shape index (κ3) is 2.86. The molecule has 0 spiro atoms. The molecule has 0 saturated carbocycles. The van der Waals surface area contributed by atoms with Crippen LogP contribution in [0.5, 0.6) is 5.75 Å². The van der Waals surface area contributed by atoms with E-state index in [4.69, 9.17) is 4.74 Å². The summed E-state index contributed by atoms with van der Waals surface area (Å²) in [6, 6.07) is 5.81. The number of ether oxygens (including phenoxy) is 1. The molecule has 0 fully saturated rings. The van der Waals surface area contributed by atoms with E-state index in [2.05, 4.69) is 22.9 Å². The maximum atomic E-state index is 5.51. The number of hydrogen-bond donors (Lipinski definition) is 0. The zero-order valence-electron chi connectivity index (χ0n) is 7.30. The summed E-state index contributed by atoms with van der Waals surface area (Å²) in [6.07, 6.45) is 0.207. The SMILES string of the molecule is [CH2]c1cc(Br)cc(OC(C)C)c1. The van der Waals surface area contributed by atoms with Gasteiger partial charge in [-0.05, 0) is 44.5 Å². The van der Waals surface area contributed by atoms with Crippen molar-refractivity contribution in [2.75, 3.05) is 0 Å². The molecule has 1 aromatic carbocycles. The Balaban J connectivity index is 2.85. The molecule has 2 heteroatoms. The van der Waals surface area contributed by atoms with Gasteiger partial charge in [0, 0.05) is 4.47 Å². The van der Waals surface area contributed by atoms with Gasteiger partial charge in [0.05, 0.1) is 6.10 Å². The number of rotatable bonds is 2. The highest BCUT2D eigenvalue weighted by Crippen LogP contribution is 2.21. The molecule has 1 aromatic rings. The summed E-state index contributed by atoms with van der Waals surface area (Å²) < 4.78 is 6.51. The van der Waals surface area contributed by atoms with Gasteiger partial charge in [0.15, 0.2) is 0 Å². The minimum atomic E-state index is 0.207. The first-order valence-corrected chi connectivity index (χ1v) is 4.66. The third-order valence-corrected chi connectivity index (χ3v) is 1.76. The Labute approximate surface area is 81.9 Å². The van der Waals surface area contributed by atoms with Crippen LogP contribution in [0.2, 0.25) is 0 Å². The van der Waals surface area contributed by atoms with Gasteiger partial charge in [0.2, 0.25) is 0 Å². The molecule has 1 rings (SSSR count). The van der Waals surface area contributed by atoms with Crippen LogP contribution >= 0.6 is 15.9 Å². The Kier molecular flexibility index (Phi) is 3.15. The monoisotopic (exact) mass is 227 g/mol. The Hall–Kier alpha value is -0.500. The smallest absolute Gasteiger partial charge is 0.121 e. The molecule has 65 valence electrons. The van der Waals surface area contributed by atoms with Gasteiger partial charge in [-0.1, -0.05) is 15.9 Å².